The molecule has 0 aliphatic heterocycles. The predicted molar refractivity (Wildman–Crippen MR) is 96.7 cm³/mol. The lowest BCUT2D eigenvalue weighted by molar-refractivity contribution is 0.0322. The Bertz CT molecular complexity index is 504. The summed E-state index contributed by atoms with van der Waals surface area (Å²) in [7, 11) is 0. The molecule has 0 saturated heterocycles. The van der Waals surface area contributed by atoms with Gasteiger partial charge >= 0.3 is 0 Å². The van der Waals surface area contributed by atoms with Gasteiger partial charge in [0.1, 0.15) is 24.5 Å². The molecule has 2 unspecified atom stereocenters. The summed E-state index contributed by atoms with van der Waals surface area (Å²) in [5.74, 6) is 2.77. The van der Waals surface area contributed by atoms with Crippen LogP contribution in [-0.2, 0) is 0 Å². The molecule has 0 radical (unpaired) electrons. The van der Waals surface area contributed by atoms with Gasteiger partial charge in [-0.15, -0.1) is 0 Å². The van der Waals surface area contributed by atoms with Gasteiger partial charge in [0, 0.05) is 5.54 Å². The molecule has 1 aromatic rings. The zero-order chi connectivity index (χ0) is 17.1. The summed E-state index contributed by atoms with van der Waals surface area (Å²) in [6.07, 6.45) is 2.83. The van der Waals surface area contributed by atoms with E-state index in [-0.39, 0.29) is 6.61 Å². The van der Waals surface area contributed by atoms with Crippen LogP contribution in [0.1, 0.15) is 45.1 Å². The van der Waals surface area contributed by atoms with Crippen molar-refractivity contribution in [2.24, 2.45) is 5.73 Å². The summed E-state index contributed by atoms with van der Waals surface area (Å²) < 4.78 is 5.63. The van der Waals surface area contributed by atoms with Crippen molar-refractivity contribution in [1.82, 2.24) is 0 Å². The molecule has 0 saturated carbocycles. The molecule has 0 spiro atoms. The van der Waals surface area contributed by atoms with Gasteiger partial charge in [-0.25, -0.2) is 0 Å². The normalized spacial score (nSPS) is 14.7. The van der Waals surface area contributed by atoms with Crippen molar-refractivity contribution in [1.29, 1.82) is 5.26 Å². The van der Waals surface area contributed by atoms with Crippen molar-refractivity contribution in [3.05, 3.63) is 29.8 Å². The summed E-state index contributed by atoms with van der Waals surface area (Å²) in [5.41, 5.74) is 6.22. The molecule has 2 atom stereocenters. The number of ether oxygens (including phenoxy) is 1. The van der Waals surface area contributed by atoms with Crippen LogP contribution in [0.15, 0.2) is 24.3 Å². The minimum absolute atomic E-state index is 0.104. The van der Waals surface area contributed by atoms with Crippen LogP contribution in [0, 0.1) is 11.3 Å². The van der Waals surface area contributed by atoms with Crippen LogP contribution in [0.4, 0.5) is 0 Å². The SMILES string of the molecule is CCSCCCCC(N)(CC)C(O)COc1ccccc1C#N. The van der Waals surface area contributed by atoms with E-state index in [1.807, 2.05) is 24.8 Å². The minimum Gasteiger partial charge on any atom is -0.489 e. The predicted octanol–water partition coefficient (Wildman–Crippen LogP) is 3.33. The number of nitrogens with zero attached hydrogens (tertiary/aromatic N) is 1. The first kappa shape index (κ1) is 19.8. The molecule has 0 bridgehead atoms. The molecule has 5 heteroatoms. The average molecular weight is 337 g/mol. The maximum absolute atomic E-state index is 10.5. The highest BCUT2D eigenvalue weighted by atomic mass is 32.2. The van der Waals surface area contributed by atoms with Crippen LogP contribution in [0.3, 0.4) is 0 Å². The molecule has 3 N–H and O–H groups in total. The highest BCUT2D eigenvalue weighted by Crippen LogP contribution is 2.23. The number of unbranched alkanes of at least 4 members (excludes halogenated alkanes) is 1. The zero-order valence-corrected chi connectivity index (χ0v) is 14.9. The van der Waals surface area contributed by atoms with Gasteiger partial charge in [0.15, 0.2) is 0 Å². The molecule has 0 heterocycles. The van der Waals surface area contributed by atoms with E-state index in [2.05, 4.69) is 13.0 Å². The van der Waals surface area contributed by atoms with Crippen molar-refractivity contribution in [2.45, 2.75) is 51.2 Å². The highest BCUT2D eigenvalue weighted by molar-refractivity contribution is 7.99. The van der Waals surface area contributed by atoms with Gasteiger partial charge in [0.05, 0.1) is 5.56 Å². The molecule has 4 nitrogen and oxygen atoms in total. The number of hydrogen-bond donors (Lipinski definition) is 2. The van der Waals surface area contributed by atoms with E-state index in [0.29, 0.717) is 17.7 Å². The van der Waals surface area contributed by atoms with Crippen LogP contribution < -0.4 is 10.5 Å². The molecule has 0 amide bonds. The third-order valence-corrected chi connectivity index (χ3v) is 5.10. The first-order valence-corrected chi connectivity index (χ1v) is 9.39. The lowest BCUT2D eigenvalue weighted by Crippen LogP contribution is -2.52. The third-order valence-electron chi connectivity index (χ3n) is 4.11. The van der Waals surface area contributed by atoms with Crippen molar-refractivity contribution >= 4 is 11.8 Å². The standard InChI is InChI=1S/C18H28N2O2S/c1-3-18(20,11-7-8-12-23-4-2)17(21)14-22-16-10-6-5-9-15(16)13-19/h5-6,9-10,17,21H,3-4,7-8,11-12,14,20H2,1-2H3. The van der Waals surface area contributed by atoms with E-state index in [0.717, 1.165) is 30.8 Å². The second-order valence-corrected chi connectivity index (χ2v) is 7.07. The van der Waals surface area contributed by atoms with E-state index in [1.165, 1.54) is 0 Å². The van der Waals surface area contributed by atoms with E-state index in [4.69, 9.17) is 15.7 Å². The van der Waals surface area contributed by atoms with E-state index >= 15 is 0 Å². The number of para-hydroxylation sites is 1. The molecule has 0 aliphatic carbocycles. The summed E-state index contributed by atoms with van der Waals surface area (Å²) >= 11 is 1.93. The second-order valence-electron chi connectivity index (χ2n) is 5.68. The number of nitriles is 1. The van der Waals surface area contributed by atoms with Crippen LogP contribution >= 0.6 is 11.8 Å². The third kappa shape index (κ3) is 6.42. The van der Waals surface area contributed by atoms with Crippen molar-refractivity contribution < 1.29 is 9.84 Å². The number of thioether (sulfide) groups is 1. The van der Waals surface area contributed by atoms with Crippen LogP contribution in [0.5, 0.6) is 5.75 Å². The van der Waals surface area contributed by atoms with Crippen LogP contribution in [0.2, 0.25) is 0 Å². The molecule has 128 valence electrons. The molecule has 1 rings (SSSR count). The first-order chi connectivity index (χ1) is 11.1. The molecule has 0 aliphatic rings. The maximum atomic E-state index is 10.5. The second kappa shape index (κ2) is 10.5. The fraction of sp³-hybridized carbons (Fsp3) is 0.611. The monoisotopic (exact) mass is 336 g/mol. The Morgan fingerprint density at radius 1 is 1.35 bits per heavy atom. The van der Waals surface area contributed by atoms with E-state index < -0.39 is 11.6 Å². The largest absolute Gasteiger partial charge is 0.489 e. The van der Waals surface area contributed by atoms with E-state index in [9.17, 15) is 5.11 Å². The summed E-state index contributed by atoms with van der Waals surface area (Å²) in [6.45, 7) is 4.25. The number of aliphatic hydroxyl groups is 1. The van der Waals surface area contributed by atoms with Crippen molar-refractivity contribution in [3.8, 4) is 11.8 Å². The van der Waals surface area contributed by atoms with Gasteiger partial charge in [-0.2, -0.15) is 17.0 Å². The topological polar surface area (TPSA) is 79.3 Å². The maximum Gasteiger partial charge on any atom is 0.137 e. The first-order valence-electron chi connectivity index (χ1n) is 8.24. The Hall–Kier alpha value is -1.22. The average Bonchev–Trinajstić information content (AvgIpc) is 2.59. The van der Waals surface area contributed by atoms with Gasteiger partial charge in [0.2, 0.25) is 0 Å². The van der Waals surface area contributed by atoms with Crippen molar-refractivity contribution in [2.75, 3.05) is 18.1 Å². The Kier molecular flexibility index (Phi) is 9.08. The lowest BCUT2D eigenvalue weighted by atomic mass is 9.85. The Morgan fingerprint density at radius 3 is 2.74 bits per heavy atom. The smallest absolute Gasteiger partial charge is 0.137 e. The van der Waals surface area contributed by atoms with Crippen molar-refractivity contribution in [3.63, 3.8) is 0 Å². The number of nitrogens with two attached hydrogens (primary N) is 1. The fourth-order valence-corrected chi connectivity index (χ4v) is 3.10. The zero-order valence-electron chi connectivity index (χ0n) is 14.1. The van der Waals surface area contributed by atoms with Crippen LogP contribution in [-0.4, -0.2) is 34.9 Å². The van der Waals surface area contributed by atoms with Gasteiger partial charge in [-0.05, 0) is 42.9 Å². The Balaban J connectivity index is 2.52. The molecule has 23 heavy (non-hydrogen) atoms. The fourth-order valence-electron chi connectivity index (χ4n) is 2.40. The number of rotatable bonds is 11. The van der Waals surface area contributed by atoms with E-state index in [1.54, 1.807) is 18.2 Å². The number of aliphatic hydroxyl groups excluding tert-OH is 1. The number of hydrogen-bond acceptors (Lipinski definition) is 5. The quantitative estimate of drug-likeness (QED) is 0.606. The summed E-state index contributed by atoms with van der Waals surface area (Å²) in [4.78, 5) is 0. The van der Waals surface area contributed by atoms with Gasteiger partial charge in [-0.1, -0.05) is 32.4 Å². The molecule has 0 fully saturated rings. The molecule has 0 aromatic heterocycles. The lowest BCUT2D eigenvalue weighted by Gasteiger charge is -2.33. The van der Waals surface area contributed by atoms with Gasteiger partial charge in [-0.3, -0.25) is 0 Å². The van der Waals surface area contributed by atoms with Gasteiger partial charge < -0.3 is 15.6 Å². The molecular weight excluding hydrogens is 308 g/mol. The Labute approximate surface area is 144 Å². The van der Waals surface area contributed by atoms with Crippen LogP contribution in [0.25, 0.3) is 0 Å². The summed E-state index contributed by atoms with van der Waals surface area (Å²) in [5, 5.41) is 19.5. The molecular formula is C18H28N2O2S. The summed E-state index contributed by atoms with van der Waals surface area (Å²) in [6, 6.07) is 9.11. The van der Waals surface area contributed by atoms with Gasteiger partial charge in [0.25, 0.3) is 0 Å². The number of benzene rings is 1. The molecule has 1 aromatic carbocycles. The highest BCUT2D eigenvalue weighted by Gasteiger charge is 2.32. The minimum atomic E-state index is -0.752. The Morgan fingerprint density at radius 2 is 2.09 bits per heavy atom.